The molecule has 4 heteroatoms. The number of pyridine rings is 1. The lowest BCUT2D eigenvalue weighted by Crippen LogP contribution is -2.23. The normalized spacial score (nSPS) is 11.0. The third-order valence-corrected chi connectivity index (χ3v) is 3.93. The summed E-state index contributed by atoms with van der Waals surface area (Å²) < 4.78 is 5.19. The number of carbonyl (C=O) groups excluding carboxylic acids is 1. The fourth-order valence-corrected chi connectivity index (χ4v) is 2.54. The average molecular weight is 344 g/mol. The number of nitrogens with one attached hydrogen (secondary N) is 1. The van der Waals surface area contributed by atoms with E-state index in [1.165, 1.54) is 0 Å². The highest BCUT2D eigenvalue weighted by Gasteiger charge is 2.12. The maximum Gasteiger partial charge on any atom is 0.252 e. The molecule has 4 nitrogen and oxygen atoms in total. The predicted molar refractivity (Wildman–Crippen MR) is 103 cm³/mol. The molecule has 1 heterocycles. The van der Waals surface area contributed by atoms with E-state index in [4.69, 9.17) is 4.74 Å². The number of nitrogens with zero attached hydrogens (tertiary/aromatic N) is 1. The lowest BCUT2D eigenvalue weighted by atomic mass is 10.0. The molecule has 0 unspecified atom stereocenters. The van der Waals surface area contributed by atoms with Gasteiger partial charge in [0.2, 0.25) is 0 Å². The van der Waals surface area contributed by atoms with Gasteiger partial charge in [0.25, 0.3) is 5.91 Å². The Hall–Kier alpha value is -3.40. The first-order valence-corrected chi connectivity index (χ1v) is 8.34. The van der Waals surface area contributed by atoms with Gasteiger partial charge in [-0.05, 0) is 41.0 Å². The topological polar surface area (TPSA) is 51.2 Å². The van der Waals surface area contributed by atoms with Gasteiger partial charge in [0.05, 0.1) is 7.11 Å². The van der Waals surface area contributed by atoms with Gasteiger partial charge in [0, 0.05) is 24.5 Å². The number of carbonyl (C=O) groups is 1. The first-order chi connectivity index (χ1) is 12.8. The van der Waals surface area contributed by atoms with Crippen molar-refractivity contribution in [1.82, 2.24) is 10.3 Å². The number of rotatable bonds is 6. The van der Waals surface area contributed by atoms with Gasteiger partial charge in [0.15, 0.2) is 0 Å². The van der Waals surface area contributed by atoms with E-state index in [9.17, 15) is 4.79 Å². The predicted octanol–water partition coefficient (Wildman–Crippen LogP) is 3.95. The van der Waals surface area contributed by atoms with Crippen molar-refractivity contribution in [3.63, 3.8) is 0 Å². The highest BCUT2D eigenvalue weighted by atomic mass is 16.5. The van der Waals surface area contributed by atoms with Gasteiger partial charge in [-0.15, -0.1) is 0 Å². The van der Waals surface area contributed by atoms with E-state index in [0.29, 0.717) is 12.1 Å². The zero-order valence-corrected chi connectivity index (χ0v) is 14.6. The Morgan fingerprint density at radius 2 is 1.81 bits per heavy atom. The third-order valence-electron chi connectivity index (χ3n) is 3.93. The second-order valence-corrected chi connectivity index (χ2v) is 5.74. The first-order valence-electron chi connectivity index (χ1n) is 8.34. The summed E-state index contributed by atoms with van der Waals surface area (Å²) in [6.07, 6.45) is 5.34. The minimum absolute atomic E-state index is 0.129. The zero-order chi connectivity index (χ0) is 18.2. The number of ether oxygens (including phenoxy) is 1. The van der Waals surface area contributed by atoms with Crippen LogP contribution in [0.15, 0.2) is 79.1 Å². The van der Waals surface area contributed by atoms with Crippen molar-refractivity contribution < 1.29 is 9.53 Å². The van der Waals surface area contributed by atoms with E-state index < -0.39 is 0 Å². The van der Waals surface area contributed by atoms with Crippen LogP contribution in [0.25, 0.3) is 11.6 Å². The van der Waals surface area contributed by atoms with Crippen LogP contribution in [0.2, 0.25) is 0 Å². The van der Waals surface area contributed by atoms with Crippen LogP contribution in [0.5, 0.6) is 5.75 Å². The van der Waals surface area contributed by atoms with Crippen LogP contribution in [-0.2, 0) is 11.3 Å². The van der Waals surface area contributed by atoms with E-state index in [0.717, 1.165) is 22.4 Å². The summed E-state index contributed by atoms with van der Waals surface area (Å²) in [6, 6.07) is 21.0. The quantitative estimate of drug-likeness (QED) is 0.544. The van der Waals surface area contributed by atoms with Gasteiger partial charge >= 0.3 is 0 Å². The van der Waals surface area contributed by atoms with Crippen LogP contribution in [-0.4, -0.2) is 18.0 Å². The Morgan fingerprint density at radius 1 is 1.04 bits per heavy atom. The number of hydrogen-bond acceptors (Lipinski definition) is 3. The van der Waals surface area contributed by atoms with Crippen molar-refractivity contribution in [2.24, 2.45) is 0 Å². The third kappa shape index (κ3) is 4.57. The molecule has 1 N–H and O–H groups in total. The molecule has 0 saturated heterocycles. The molecule has 1 amide bonds. The Morgan fingerprint density at radius 3 is 2.46 bits per heavy atom. The molecule has 0 fully saturated rings. The van der Waals surface area contributed by atoms with Gasteiger partial charge < -0.3 is 10.1 Å². The number of aromatic nitrogens is 1. The summed E-state index contributed by atoms with van der Waals surface area (Å²) in [5.41, 5.74) is 3.37. The maximum atomic E-state index is 12.8. The van der Waals surface area contributed by atoms with E-state index >= 15 is 0 Å². The summed E-state index contributed by atoms with van der Waals surface area (Å²) >= 11 is 0. The van der Waals surface area contributed by atoms with Crippen LogP contribution < -0.4 is 10.1 Å². The number of methoxy groups -OCH3 is 1. The van der Waals surface area contributed by atoms with Crippen LogP contribution in [0, 0.1) is 0 Å². The van der Waals surface area contributed by atoms with E-state index in [1.54, 1.807) is 19.5 Å². The van der Waals surface area contributed by atoms with E-state index in [1.807, 2.05) is 72.8 Å². The monoisotopic (exact) mass is 344 g/mol. The fraction of sp³-hybridized carbons (Fsp3) is 0.0909. The SMILES string of the molecule is COc1ccc(C=C(C(=O)NCc2cccnc2)c2ccccc2)cc1. The minimum Gasteiger partial charge on any atom is -0.497 e. The molecule has 3 aromatic rings. The largest absolute Gasteiger partial charge is 0.497 e. The van der Waals surface area contributed by atoms with Crippen LogP contribution in [0.4, 0.5) is 0 Å². The molecule has 130 valence electrons. The maximum absolute atomic E-state index is 12.8. The lowest BCUT2D eigenvalue weighted by Gasteiger charge is -2.10. The van der Waals surface area contributed by atoms with Crippen molar-refractivity contribution in [1.29, 1.82) is 0 Å². The lowest BCUT2D eigenvalue weighted by molar-refractivity contribution is -0.115. The van der Waals surface area contributed by atoms with Crippen LogP contribution in [0.3, 0.4) is 0 Å². The van der Waals surface area contributed by atoms with Crippen LogP contribution >= 0.6 is 0 Å². The summed E-state index contributed by atoms with van der Waals surface area (Å²) in [6.45, 7) is 0.430. The molecule has 0 atom stereocenters. The van der Waals surface area contributed by atoms with E-state index in [2.05, 4.69) is 10.3 Å². The summed E-state index contributed by atoms with van der Waals surface area (Å²) in [4.78, 5) is 16.9. The van der Waals surface area contributed by atoms with Gasteiger partial charge in [-0.3, -0.25) is 9.78 Å². The zero-order valence-electron chi connectivity index (χ0n) is 14.6. The van der Waals surface area contributed by atoms with Gasteiger partial charge in [-0.1, -0.05) is 48.5 Å². The number of hydrogen-bond donors (Lipinski definition) is 1. The molecule has 0 aliphatic rings. The Balaban J connectivity index is 1.85. The molecular weight excluding hydrogens is 324 g/mol. The van der Waals surface area contributed by atoms with Crippen molar-refractivity contribution in [3.05, 3.63) is 95.8 Å². The first kappa shape index (κ1) is 17.4. The molecule has 1 aromatic heterocycles. The van der Waals surface area contributed by atoms with Crippen molar-refractivity contribution in [2.75, 3.05) is 7.11 Å². The van der Waals surface area contributed by atoms with Crippen LogP contribution in [0.1, 0.15) is 16.7 Å². The summed E-state index contributed by atoms with van der Waals surface area (Å²) in [5, 5.41) is 2.97. The highest BCUT2D eigenvalue weighted by Crippen LogP contribution is 2.20. The standard InChI is InChI=1S/C22H20N2O2/c1-26-20-11-9-17(10-12-20)14-21(19-7-3-2-4-8-19)22(25)24-16-18-6-5-13-23-15-18/h2-15H,16H2,1H3,(H,24,25). The molecule has 0 aliphatic heterocycles. The summed E-state index contributed by atoms with van der Waals surface area (Å²) in [5.74, 6) is 0.653. The van der Waals surface area contributed by atoms with Gasteiger partial charge in [0.1, 0.15) is 5.75 Å². The van der Waals surface area contributed by atoms with Gasteiger partial charge in [-0.2, -0.15) is 0 Å². The smallest absolute Gasteiger partial charge is 0.252 e. The van der Waals surface area contributed by atoms with Crippen molar-refractivity contribution in [2.45, 2.75) is 6.54 Å². The van der Waals surface area contributed by atoms with E-state index in [-0.39, 0.29) is 5.91 Å². The second kappa shape index (κ2) is 8.62. The van der Waals surface area contributed by atoms with Gasteiger partial charge in [-0.25, -0.2) is 0 Å². The highest BCUT2D eigenvalue weighted by molar-refractivity contribution is 6.24. The summed E-state index contributed by atoms with van der Waals surface area (Å²) in [7, 11) is 1.63. The minimum atomic E-state index is -0.129. The average Bonchev–Trinajstić information content (AvgIpc) is 2.72. The molecule has 2 aromatic carbocycles. The number of amides is 1. The Bertz CT molecular complexity index is 873. The molecule has 0 spiro atoms. The molecule has 0 saturated carbocycles. The molecular formula is C22H20N2O2. The Labute approximate surface area is 153 Å². The molecule has 26 heavy (non-hydrogen) atoms. The number of benzene rings is 2. The molecule has 0 aliphatic carbocycles. The molecule has 0 bridgehead atoms. The Kier molecular flexibility index (Phi) is 5.78. The molecule has 0 radical (unpaired) electrons. The second-order valence-electron chi connectivity index (χ2n) is 5.74. The van der Waals surface area contributed by atoms with Crippen molar-refractivity contribution in [3.8, 4) is 5.75 Å². The molecule has 3 rings (SSSR count). The fourth-order valence-electron chi connectivity index (χ4n) is 2.54. The van der Waals surface area contributed by atoms with Crippen molar-refractivity contribution >= 4 is 17.6 Å².